The summed E-state index contributed by atoms with van der Waals surface area (Å²) in [4.78, 5) is 28.5. The van der Waals surface area contributed by atoms with Crippen molar-refractivity contribution < 1.29 is 49.8 Å². The number of halogens is 8. The number of carbonyl (C=O) groups is 2. The second-order valence-electron chi connectivity index (χ2n) is 11.7. The van der Waals surface area contributed by atoms with Gasteiger partial charge in [0.25, 0.3) is 0 Å². The molecule has 1 unspecified atom stereocenters. The molecule has 0 saturated heterocycles. The van der Waals surface area contributed by atoms with Gasteiger partial charge in [-0.25, -0.2) is 22.0 Å². The molecule has 0 spiro atoms. The quantitative estimate of drug-likeness (QED) is 0.128. The van der Waals surface area contributed by atoms with Crippen LogP contribution in [0.2, 0.25) is 0 Å². The Hall–Kier alpha value is -3.78. The number of nitrogens with one attached hydrogen (secondary N) is 1. The molecule has 0 heterocycles. The van der Waals surface area contributed by atoms with E-state index in [0.29, 0.717) is 31.5 Å². The fourth-order valence-corrected chi connectivity index (χ4v) is 5.99. The van der Waals surface area contributed by atoms with E-state index in [1.807, 2.05) is 13.8 Å². The summed E-state index contributed by atoms with van der Waals surface area (Å²) in [6.45, 7) is 5.21. The Bertz CT molecular complexity index is 1510. The summed E-state index contributed by atoms with van der Waals surface area (Å²) >= 11 is 0. The maximum atomic E-state index is 15.0. The average Bonchev–Trinajstić information content (AvgIpc) is 3.01. The van der Waals surface area contributed by atoms with Crippen LogP contribution in [0.4, 0.5) is 35.1 Å². The van der Waals surface area contributed by atoms with Gasteiger partial charge in [-0.3, -0.25) is 9.59 Å². The van der Waals surface area contributed by atoms with Gasteiger partial charge in [0, 0.05) is 43.2 Å². The molecule has 6 nitrogen and oxygen atoms in total. The van der Waals surface area contributed by atoms with E-state index in [1.165, 1.54) is 31.2 Å². The van der Waals surface area contributed by atoms with E-state index in [-0.39, 0.29) is 17.7 Å². The van der Waals surface area contributed by atoms with Crippen molar-refractivity contribution in [3.8, 4) is 0 Å². The van der Waals surface area contributed by atoms with Crippen molar-refractivity contribution in [1.29, 1.82) is 0 Å². The number of aliphatic hydroxyl groups excluding tert-OH is 1. The number of allylic oxidation sites excluding steroid dienone is 2. The Labute approximate surface area is 267 Å². The van der Waals surface area contributed by atoms with Gasteiger partial charge in [-0.1, -0.05) is 49.8 Å². The molecule has 1 aliphatic carbocycles. The maximum Gasteiger partial charge on any atom is 0.416 e. The predicted molar refractivity (Wildman–Crippen MR) is 158 cm³/mol. The Morgan fingerprint density at radius 1 is 1.00 bits per heavy atom. The fourth-order valence-electron chi connectivity index (χ4n) is 5.99. The molecule has 14 heteroatoms. The number of primary amides is 1. The minimum absolute atomic E-state index is 0.0808. The number of rotatable bonds is 14. The molecule has 0 aromatic heterocycles. The van der Waals surface area contributed by atoms with Crippen molar-refractivity contribution >= 4 is 11.8 Å². The first-order valence-electron chi connectivity index (χ1n) is 15.0. The number of benzene rings is 2. The lowest BCUT2D eigenvalue weighted by molar-refractivity contribution is -0.137. The zero-order valence-electron chi connectivity index (χ0n) is 26.1. The van der Waals surface area contributed by atoms with Crippen molar-refractivity contribution in [2.75, 3.05) is 19.6 Å². The van der Waals surface area contributed by atoms with E-state index in [9.17, 15) is 49.8 Å². The fraction of sp³-hybridized carbons (Fsp3) is 0.455. The molecule has 47 heavy (non-hydrogen) atoms. The van der Waals surface area contributed by atoms with Crippen molar-refractivity contribution in [3.05, 3.63) is 93.3 Å². The van der Waals surface area contributed by atoms with Gasteiger partial charge in [-0.2, -0.15) is 13.2 Å². The van der Waals surface area contributed by atoms with Gasteiger partial charge in [-0.15, -0.1) is 0 Å². The van der Waals surface area contributed by atoms with Gasteiger partial charge in [0.2, 0.25) is 17.6 Å². The molecule has 0 radical (unpaired) electrons. The second-order valence-corrected chi connectivity index (χ2v) is 11.7. The van der Waals surface area contributed by atoms with E-state index in [0.717, 1.165) is 12.1 Å². The minimum Gasteiger partial charge on any atom is -0.391 e. The van der Waals surface area contributed by atoms with Crippen LogP contribution in [0.15, 0.2) is 47.6 Å². The molecular weight excluding hydrogens is 638 g/mol. The molecule has 0 saturated carbocycles. The maximum absolute atomic E-state index is 15.0. The minimum atomic E-state index is -4.62. The van der Waals surface area contributed by atoms with Crippen LogP contribution < -0.4 is 11.1 Å². The second kappa shape index (κ2) is 15.4. The van der Waals surface area contributed by atoms with Gasteiger partial charge in [0.05, 0.1) is 17.1 Å². The van der Waals surface area contributed by atoms with Crippen LogP contribution in [0.1, 0.15) is 56.7 Å². The van der Waals surface area contributed by atoms with E-state index in [2.05, 4.69) is 5.32 Å². The number of nitrogens with zero attached hydrogens (tertiary/aromatic N) is 1. The van der Waals surface area contributed by atoms with E-state index in [1.54, 1.807) is 4.90 Å². The van der Waals surface area contributed by atoms with Crippen LogP contribution in [-0.4, -0.2) is 47.6 Å². The first-order valence-corrected chi connectivity index (χ1v) is 15.0. The highest BCUT2D eigenvalue weighted by Gasteiger charge is 2.49. The van der Waals surface area contributed by atoms with Gasteiger partial charge in [-0.05, 0) is 44.2 Å². The number of alkyl halides is 3. The largest absolute Gasteiger partial charge is 0.416 e. The van der Waals surface area contributed by atoms with Crippen molar-refractivity contribution in [2.24, 2.45) is 17.1 Å². The normalized spacial score (nSPS) is 18.0. The molecule has 2 amide bonds. The van der Waals surface area contributed by atoms with Crippen LogP contribution in [0.25, 0.3) is 0 Å². The first kappa shape index (κ1) is 37.7. The van der Waals surface area contributed by atoms with Gasteiger partial charge in [0.15, 0.2) is 23.3 Å². The molecule has 2 aromatic rings. The molecule has 258 valence electrons. The summed E-state index contributed by atoms with van der Waals surface area (Å²) in [5.41, 5.74) is 2.13. The smallest absolute Gasteiger partial charge is 0.391 e. The van der Waals surface area contributed by atoms with Crippen LogP contribution in [-0.2, 0) is 28.7 Å². The molecule has 0 aliphatic heterocycles. The van der Waals surface area contributed by atoms with Crippen LogP contribution in [0.5, 0.6) is 0 Å². The van der Waals surface area contributed by atoms with Crippen molar-refractivity contribution in [2.45, 2.75) is 65.3 Å². The summed E-state index contributed by atoms with van der Waals surface area (Å²) in [5.74, 6) is -14.5. The SMILES string of the molecule is CCCN(CCC)C(=O)C1=CC(C)=CC(C(N)=O)([C@H](Cc2c(F)c(F)c(F)c(F)c2F)[C@@H](O)CNCc2cccc(C(F)(F)F)c2)C1. The molecule has 1 aliphatic rings. The van der Waals surface area contributed by atoms with Crippen LogP contribution >= 0.6 is 0 Å². The lowest BCUT2D eigenvalue weighted by Gasteiger charge is -2.42. The summed E-state index contributed by atoms with van der Waals surface area (Å²) in [5, 5.41) is 14.2. The molecule has 3 rings (SSSR count). The van der Waals surface area contributed by atoms with E-state index in [4.69, 9.17) is 5.73 Å². The summed E-state index contributed by atoms with van der Waals surface area (Å²) in [6, 6.07) is 4.28. The topological polar surface area (TPSA) is 95.7 Å². The molecule has 3 atom stereocenters. The number of hydrogen-bond acceptors (Lipinski definition) is 4. The Morgan fingerprint density at radius 2 is 1.57 bits per heavy atom. The molecular formula is C33H37F8N3O3. The highest BCUT2D eigenvalue weighted by Crippen LogP contribution is 2.45. The van der Waals surface area contributed by atoms with Crippen LogP contribution in [0.3, 0.4) is 0 Å². The van der Waals surface area contributed by atoms with Crippen LogP contribution in [0, 0.1) is 40.4 Å². The standard InChI is InChI=1S/C33H37F8N3O3/c1-4-9-44(10-5-2)30(46)20-11-18(3)14-32(15-20,31(42)47)23(13-22-25(34)27(36)29(38)28(37)26(22)35)24(45)17-43-16-19-7-6-8-21(12-19)33(39,40)41/h6-8,11-12,14,23-24,43,45H,4-5,9-10,13,15-17H2,1-3H3,(H2,42,47)/t23-,24+,32?/m1/s1. The third-order valence-electron chi connectivity index (χ3n) is 8.17. The summed E-state index contributed by atoms with van der Waals surface area (Å²) in [7, 11) is 0. The number of amides is 2. The number of nitrogens with two attached hydrogens (primary N) is 1. The molecule has 0 fully saturated rings. The Balaban J connectivity index is 2.08. The Kier molecular flexibility index (Phi) is 12.4. The van der Waals surface area contributed by atoms with E-state index < -0.39 is 95.0 Å². The average molecular weight is 676 g/mol. The predicted octanol–water partition coefficient (Wildman–Crippen LogP) is 6.11. The van der Waals surface area contributed by atoms with Crippen molar-refractivity contribution in [1.82, 2.24) is 10.2 Å². The Morgan fingerprint density at radius 3 is 2.11 bits per heavy atom. The number of aliphatic hydroxyl groups is 1. The van der Waals surface area contributed by atoms with Gasteiger partial charge < -0.3 is 21.1 Å². The highest BCUT2D eigenvalue weighted by atomic mass is 19.4. The zero-order chi connectivity index (χ0) is 35.3. The molecule has 4 N–H and O–H groups in total. The number of hydrogen-bond donors (Lipinski definition) is 3. The monoisotopic (exact) mass is 675 g/mol. The van der Waals surface area contributed by atoms with Crippen molar-refractivity contribution in [3.63, 3.8) is 0 Å². The zero-order valence-corrected chi connectivity index (χ0v) is 26.1. The third-order valence-corrected chi connectivity index (χ3v) is 8.17. The molecule has 2 aromatic carbocycles. The van der Waals surface area contributed by atoms with Gasteiger partial charge in [0.1, 0.15) is 0 Å². The summed E-state index contributed by atoms with van der Waals surface area (Å²) in [6.07, 6.45) is -3.97. The first-order chi connectivity index (χ1) is 22.0. The molecule has 0 bridgehead atoms. The highest BCUT2D eigenvalue weighted by molar-refractivity contribution is 5.97. The lowest BCUT2D eigenvalue weighted by Crippen LogP contribution is -2.52. The lowest BCUT2D eigenvalue weighted by atomic mass is 9.63. The number of carbonyl (C=O) groups excluding carboxylic acids is 2. The van der Waals surface area contributed by atoms with E-state index >= 15 is 0 Å². The van der Waals surface area contributed by atoms with Gasteiger partial charge >= 0.3 is 6.18 Å². The third kappa shape index (κ3) is 8.39. The summed E-state index contributed by atoms with van der Waals surface area (Å²) < 4.78 is 112.